The third-order valence-electron chi connectivity index (χ3n) is 3.79. The molecule has 1 aromatic rings. The summed E-state index contributed by atoms with van der Waals surface area (Å²) in [7, 11) is 0. The van der Waals surface area contributed by atoms with Crippen LogP contribution in [0.1, 0.15) is 39.5 Å². The van der Waals surface area contributed by atoms with E-state index in [2.05, 4.69) is 5.32 Å². The monoisotopic (exact) mass is 276 g/mol. The molecule has 0 aromatic heterocycles. The molecule has 1 aliphatic rings. The number of hydrogen-bond donors (Lipinski definition) is 2. The number of para-hydroxylation sites is 1. The van der Waals surface area contributed by atoms with Crippen molar-refractivity contribution in [2.75, 3.05) is 0 Å². The second-order valence-electron chi connectivity index (χ2n) is 5.89. The van der Waals surface area contributed by atoms with Crippen molar-refractivity contribution in [3.05, 3.63) is 30.3 Å². The highest BCUT2D eigenvalue weighted by molar-refractivity contribution is 5.84. The molecule has 1 aromatic carbocycles. The van der Waals surface area contributed by atoms with Crippen molar-refractivity contribution in [3.8, 4) is 5.75 Å². The number of rotatable bonds is 5. The fourth-order valence-electron chi connectivity index (χ4n) is 2.99. The van der Waals surface area contributed by atoms with E-state index < -0.39 is 5.54 Å². The lowest BCUT2D eigenvalue weighted by atomic mass is 9.79. The predicted octanol–water partition coefficient (Wildman–Crippen LogP) is 2.23. The van der Waals surface area contributed by atoms with Gasteiger partial charge >= 0.3 is 0 Å². The first-order chi connectivity index (χ1) is 9.52. The first kappa shape index (κ1) is 14.9. The molecule has 0 radical (unpaired) electrons. The van der Waals surface area contributed by atoms with E-state index in [0.29, 0.717) is 6.42 Å². The normalized spacial score (nSPS) is 26.4. The van der Waals surface area contributed by atoms with Crippen LogP contribution in [0.15, 0.2) is 30.3 Å². The van der Waals surface area contributed by atoms with Gasteiger partial charge in [0.2, 0.25) is 5.91 Å². The highest BCUT2D eigenvalue weighted by Gasteiger charge is 2.42. The van der Waals surface area contributed by atoms with Gasteiger partial charge in [-0.2, -0.15) is 0 Å². The summed E-state index contributed by atoms with van der Waals surface area (Å²) >= 11 is 0. The molecule has 0 spiro atoms. The highest BCUT2D eigenvalue weighted by atomic mass is 16.5. The number of carbonyl (C=O) groups excluding carboxylic acids is 1. The average Bonchev–Trinajstić information content (AvgIpc) is 2.39. The van der Waals surface area contributed by atoms with Crippen molar-refractivity contribution in [1.29, 1.82) is 0 Å². The Kier molecular flexibility index (Phi) is 4.65. The van der Waals surface area contributed by atoms with Crippen molar-refractivity contribution < 1.29 is 9.53 Å². The largest absolute Gasteiger partial charge is 0.490 e. The van der Waals surface area contributed by atoms with Crippen molar-refractivity contribution >= 4 is 5.91 Å². The number of benzene rings is 1. The lowest BCUT2D eigenvalue weighted by Crippen LogP contribution is -2.61. The molecule has 1 saturated carbocycles. The fourth-order valence-corrected chi connectivity index (χ4v) is 2.99. The van der Waals surface area contributed by atoms with Crippen molar-refractivity contribution in [2.45, 2.75) is 57.2 Å². The van der Waals surface area contributed by atoms with Gasteiger partial charge in [-0.3, -0.25) is 4.79 Å². The third kappa shape index (κ3) is 3.51. The summed E-state index contributed by atoms with van der Waals surface area (Å²) in [6.45, 7) is 4.07. The predicted molar refractivity (Wildman–Crippen MR) is 79.5 cm³/mol. The van der Waals surface area contributed by atoms with Crippen molar-refractivity contribution in [2.24, 2.45) is 5.73 Å². The second-order valence-corrected chi connectivity index (χ2v) is 5.89. The van der Waals surface area contributed by atoms with Gasteiger partial charge in [0.25, 0.3) is 0 Å². The van der Waals surface area contributed by atoms with E-state index in [1.54, 1.807) is 0 Å². The van der Waals surface area contributed by atoms with E-state index in [1.807, 2.05) is 44.2 Å². The molecule has 3 N–H and O–H groups in total. The quantitative estimate of drug-likeness (QED) is 0.866. The summed E-state index contributed by atoms with van der Waals surface area (Å²) in [6.07, 6.45) is 3.36. The van der Waals surface area contributed by atoms with E-state index in [4.69, 9.17) is 10.5 Å². The second kappa shape index (κ2) is 6.27. The number of nitrogens with one attached hydrogen (secondary N) is 1. The zero-order valence-corrected chi connectivity index (χ0v) is 12.3. The van der Waals surface area contributed by atoms with Gasteiger partial charge in [0.05, 0.1) is 0 Å². The van der Waals surface area contributed by atoms with Gasteiger partial charge in [-0.1, -0.05) is 18.2 Å². The van der Waals surface area contributed by atoms with Gasteiger partial charge in [0.1, 0.15) is 17.4 Å². The fraction of sp³-hybridized carbons (Fsp3) is 0.562. The summed E-state index contributed by atoms with van der Waals surface area (Å²) in [5.41, 5.74) is 5.02. The van der Waals surface area contributed by atoms with Gasteiger partial charge in [-0.05, 0) is 45.2 Å². The maximum atomic E-state index is 11.9. The molecule has 1 fully saturated rings. The van der Waals surface area contributed by atoms with Crippen LogP contribution in [0.4, 0.5) is 0 Å². The standard InChI is InChI=1S/C16H24N2O2/c1-12(2)18-16(15(17)19)10-6-9-14(11-16)20-13-7-4-3-5-8-13/h3-5,7-8,12,14,18H,6,9-11H2,1-2H3,(H2,17,19). The van der Waals surface area contributed by atoms with Gasteiger partial charge in [-0.25, -0.2) is 0 Å². The van der Waals surface area contributed by atoms with Crippen molar-refractivity contribution in [3.63, 3.8) is 0 Å². The lowest BCUT2D eigenvalue weighted by Gasteiger charge is -2.40. The van der Waals surface area contributed by atoms with Crippen LogP contribution in [0.5, 0.6) is 5.75 Å². The minimum Gasteiger partial charge on any atom is -0.490 e. The van der Waals surface area contributed by atoms with Crippen LogP contribution in [0, 0.1) is 0 Å². The molecule has 0 aliphatic heterocycles. The number of nitrogens with two attached hydrogens (primary N) is 1. The molecule has 4 heteroatoms. The molecule has 2 unspecified atom stereocenters. The maximum absolute atomic E-state index is 11.9. The van der Waals surface area contributed by atoms with Gasteiger partial charge < -0.3 is 15.8 Å². The Labute approximate surface area is 120 Å². The summed E-state index contributed by atoms with van der Waals surface area (Å²) in [5, 5.41) is 3.36. The van der Waals surface area contributed by atoms with E-state index in [9.17, 15) is 4.79 Å². The first-order valence-electron chi connectivity index (χ1n) is 7.31. The maximum Gasteiger partial charge on any atom is 0.237 e. The summed E-state index contributed by atoms with van der Waals surface area (Å²) in [4.78, 5) is 11.9. The minimum absolute atomic E-state index is 0.0323. The zero-order chi connectivity index (χ0) is 14.6. The van der Waals surface area contributed by atoms with Crippen molar-refractivity contribution in [1.82, 2.24) is 5.32 Å². The molecular formula is C16H24N2O2. The van der Waals surface area contributed by atoms with E-state index in [0.717, 1.165) is 25.0 Å². The van der Waals surface area contributed by atoms with Crippen LogP contribution in [-0.4, -0.2) is 23.6 Å². The van der Waals surface area contributed by atoms with Crippen LogP contribution in [0.3, 0.4) is 0 Å². The van der Waals surface area contributed by atoms with E-state index in [1.165, 1.54) is 0 Å². The summed E-state index contributed by atoms with van der Waals surface area (Å²) in [6, 6.07) is 9.96. The molecule has 1 amide bonds. The van der Waals surface area contributed by atoms with Crippen LogP contribution in [-0.2, 0) is 4.79 Å². The number of amides is 1. The molecule has 0 saturated heterocycles. The molecule has 4 nitrogen and oxygen atoms in total. The zero-order valence-electron chi connectivity index (χ0n) is 12.3. The van der Waals surface area contributed by atoms with Crippen LogP contribution < -0.4 is 15.8 Å². The van der Waals surface area contributed by atoms with Crippen LogP contribution in [0.2, 0.25) is 0 Å². The molecule has 1 aliphatic carbocycles. The van der Waals surface area contributed by atoms with Crippen LogP contribution >= 0.6 is 0 Å². The number of carbonyl (C=O) groups is 1. The topological polar surface area (TPSA) is 64.3 Å². The number of hydrogen-bond acceptors (Lipinski definition) is 3. The Morgan fingerprint density at radius 3 is 2.70 bits per heavy atom. The smallest absolute Gasteiger partial charge is 0.237 e. The minimum atomic E-state index is -0.633. The number of ether oxygens (including phenoxy) is 1. The number of primary amides is 1. The van der Waals surface area contributed by atoms with Gasteiger partial charge in [0, 0.05) is 12.5 Å². The van der Waals surface area contributed by atoms with Gasteiger partial charge in [-0.15, -0.1) is 0 Å². The molecule has 110 valence electrons. The summed E-state index contributed by atoms with van der Waals surface area (Å²) < 4.78 is 5.99. The molecule has 2 atom stereocenters. The Morgan fingerprint density at radius 1 is 1.40 bits per heavy atom. The van der Waals surface area contributed by atoms with Gasteiger partial charge in [0.15, 0.2) is 0 Å². The van der Waals surface area contributed by atoms with E-state index in [-0.39, 0.29) is 18.1 Å². The van der Waals surface area contributed by atoms with Crippen LogP contribution in [0.25, 0.3) is 0 Å². The Morgan fingerprint density at radius 2 is 2.10 bits per heavy atom. The molecule has 20 heavy (non-hydrogen) atoms. The average molecular weight is 276 g/mol. The molecule has 0 bridgehead atoms. The Hall–Kier alpha value is -1.55. The SMILES string of the molecule is CC(C)NC1(C(N)=O)CCCC(Oc2ccccc2)C1. The molecular weight excluding hydrogens is 252 g/mol. The molecule has 0 heterocycles. The first-order valence-corrected chi connectivity index (χ1v) is 7.31. The molecule has 2 rings (SSSR count). The van der Waals surface area contributed by atoms with E-state index >= 15 is 0 Å². The lowest BCUT2D eigenvalue weighted by molar-refractivity contribution is -0.127. The Bertz CT molecular complexity index is 447. The highest BCUT2D eigenvalue weighted by Crippen LogP contribution is 2.31. The summed E-state index contributed by atoms with van der Waals surface area (Å²) in [5.74, 6) is 0.579. The third-order valence-corrected chi connectivity index (χ3v) is 3.79. The Balaban J connectivity index is 2.08.